The third-order valence-electron chi connectivity index (χ3n) is 3.43. The molecule has 0 aromatic rings. The molecule has 0 fully saturated rings. The number of aliphatic carboxylic acids is 1. The maximum Gasteiger partial charge on any atom is 0.303 e. The van der Waals surface area contributed by atoms with E-state index in [0.717, 1.165) is 25.7 Å². The van der Waals surface area contributed by atoms with Crippen LogP contribution in [-0.4, -0.2) is 33.5 Å². The van der Waals surface area contributed by atoms with Gasteiger partial charge in [0.05, 0.1) is 12.2 Å². The first-order valence-corrected chi connectivity index (χ1v) is 8.75. The van der Waals surface area contributed by atoms with Gasteiger partial charge in [-0.05, 0) is 44.9 Å². The van der Waals surface area contributed by atoms with Gasteiger partial charge in [-0.3, -0.25) is 4.79 Å². The van der Waals surface area contributed by atoms with Crippen LogP contribution in [0.1, 0.15) is 58.3 Å². The largest absolute Gasteiger partial charge is 0.481 e. The summed E-state index contributed by atoms with van der Waals surface area (Å²) < 4.78 is 0. The molecule has 0 aliphatic rings. The molecule has 24 heavy (non-hydrogen) atoms. The van der Waals surface area contributed by atoms with Crippen molar-refractivity contribution in [1.29, 1.82) is 0 Å². The fourth-order valence-corrected chi connectivity index (χ4v) is 2.03. The fraction of sp³-hybridized carbons (Fsp3) is 0.550. The maximum absolute atomic E-state index is 10.4. The van der Waals surface area contributed by atoms with Gasteiger partial charge in [-0.1, -0.05) is 55.5 Å². The number of hydrogen-bond acceptors (Lipinski definition) is 3. The molecule has 0 amide bonds. The van der Waals surface area contributed by atoms with Crippen LogP contribution in [0.15, 0.2) is 48.6 Å². The Kier molecular flexibility index (Phi) is 15.1. The summed E-state index contributed by atoms with van der Waals surface area (Å²) in [5.41, 5.74) is 0. The molecular formula is C20H32O4. The average molecular weight is 336 g/mol. The second-order valence-corrected chi connectivity index (χ2v) is 5.66. The van der Waals surface area contributed by atoms with E-state index in [9.17, 15) is 15.0 Å². The van der Waals surface area contributed by atoms with Gasteiger partial charge in [-0.25, -0.2) is 0 Å². The summed E-state index contributed by atoms with van der Waals surface area (Å²) in [5.74, 6) is -0.879. The summed E-state index contributed by atoms with van der Waals surface area (Å²) >= 11 is 0. The minimum Gasteiger partial charge on any atom is -0.481 e. The molecule has 0 aliphatic carbocycles. The summed E-state index contributed by atoms with van der Waals surface area (Å²) in [6.07, 6.45) is 19.7. The van der Waals surface area contributed by atoms with Gasteiger partial charge >= 0.3 is 5.97 Å². The van der Waals surface area contributed by atoms with Crippen molar-refractivity contribution < 1.29 is 20.1 Å². The van der Waals surface area contributed by atoms with Crippen LogP contribution < -0.4 is 0 Å². The lowest BCUT2D eigenvalue weighted by Gasteiger charge is -2.15. The van der Waals surface area contributed by atoms with Crippen LogP contribution >= 0.6 is 0 Å². The molecule has 0 spiro atoms. The van der Waals surface area contributed by atoms with Gasteiger partial charge in [0, 0.05) is 6.42 Å². The normalized spacial score (nSPS) is 15.1. The first-order chi connectivity index (χ1) is 11.6. The Morgan fingerprint density at radius 2 is 1.33 bits per heavy atom. The Morgan fingerprint density at radius 3 is 1.83 bits per heavy atom. The van der Waals surface area contributed by atoms with Gasteiger partial charge in [0.25, 0.3) is 0 Å². The average Bonchev–Trinajstić information content (AvgIpc) is 2.55. The molecule has 0 saturated heterocycles. The molecule has 4 nitrogen and oxygen atoms in total. The summed E-state index contributed by atoms with van der Waals surface area (Å²) in [6.45, 7) is 2.12. The van der Waals surface area contributed by atoms with Gasteiger partial charge < -0.3 is 15.3 Å². The van der Waals surface area contributed by atoms with E-state index in [2.05, 4.69) is 43.4 Å². The molecule has 0 aromatic heterocycles. The molecule has 136 valence electrons. The van der Waals surface area contributed by atoms with Gasteiger partial charge in [0.2, 0.25) is 0 Å². The van der Waals surface area contributed by atoms with E-state index in [1.807, 2.05) is 12.2 Å². The second kappa shape index (κ2) is 16.2. The lowest BCUT2D eigenvalue weighted by atomic mass is 10.0. The monoisotopic (exact) mass is 336 g/mol. The van der Waals surface area contributed by atoms with E-state index >= 15 is 0 Å². The Hall–Kier alpha value is -1.65. The number of aliphatic hydroxyl groups excluding tert-OH is 2. The fourth-order valence-electron chi connectivity index (χ4n) is 2.03. The van der Waals surface area contributed by atoms with Crippen molar-refractivity contribution in [3.05, 3.63) is 48.6 Å². The first kappa shape index (κ1) is 22.4. The molecule has 0 aliphatic heterocycles. The van der Waals surface area contributed by atoms with Crippen molar-refractivity contribution in [2.24, 2.45) is 0 Å². The quantitative estimate of drug-likeness (QED) is 0.416. The van der Waals surface area contributed by atoms with Crippen molar-refractivity contribution >= 4 is 5.97 Å². The van der Waals surface area contributed by atoms with Gasteiger partial charge in [-0.2, -0.15) is 0 Å². The zero-order valence-corrected chi connectivity index (χ0v) is 14.7. The molecule has 0 radical (unpaired) electrons. The molecule has 0 aromatic carbocycles. The van der Waals surface area contributed by atoms with E-state index < -0.39 is 18.2 Å². The minimum atomic E-state index is -0.879. The van der Waals surface area contributed by atoms with Crippen molar-refractivity contribution in [3.63, 3.8) is 0 Å². The SMILES string of the molecule is CC/C=C\C/C=C\C/C=C\C/C=C\CC(O)C(O)CCCC(=O)O. The number of carbonyl (C=O) groups is 1. The number of carboxylic acids is 1. The van der Waals surface area contributed by atoms with Crippen molar-refractivity contribution in [2.75, 3.05) is 0 Å². The molecule has 3 N–H and O–H groups in total. The summed E-state index contributed by atoms with van der Waals surface area (Å²) in [6, 6.07) is 0. The number of aliphatic hydroxyl groups is 2. The van der Waals surface area contributed by atoms with Crippen molar-refractivity contribution in [2.45, 2.75) is 70.5 Å². The Bertz CT molecular complexity index is 421. The number of allylic oxidation sites excluding steroid dienone is 7. The highest BCUT2D eigenvalue weighted by atomic mass is 16.4. The summed E-state index contributed by atoms with van der Waals surface area (Å²) in [4.78, 5) is 10.4. The molecule has 4 heteroatoms. The number of hydrogen-bond donors (Lipinski definition) is 3. The van der Waals surface area contributed by atoms with E-state index in [1.54, 1.807) is 0 Å². The van der Waals surface area contributed by atoms with Crippen LogP contribution in [0.3, 0.4) is 0 Å². The van der Waals surface area contributed by atoms with E-state index in [0.29, 0.717) is 19.3 Å². The Morgan fingerprint density at radius 1 is 0.833 bits per heavy atom. The topological polar surface area (TPSA) is 77.8 Å². The second-order valence-electron chi connectivity index (χ2n) is 5.66. The van der Waals surface area contributed by atoms with Crippen LogP contribution in [0, 0.1) is 0 Å². The maximum atomic E-state index is 10.4. The van der Waals surface area contributed by atoms with Crippen LogP contribution in [0.2, 0.25) is 0 Å². The molecule has 2 atom stereocenters. The molecular weight excluding hydrogens is 304 g/mol. The van der Waals surface area contributed by atoms with E-state index in [4.69, 9.17) is 5.11 Å². The van der Waals surface area contributed by atoms with Crippen LogP contribution in [0.25, 0.3) is 0 Å². The number of rotatable bonds is 14. The highest BCUT2D eigenvalue weighted by molar-refractivity contribution is 5.66. The molecule has 2 unspecified atom stereocenters. The van der Waals surface area contributed by atoms with Gasteiger partial charge in [-0.15, -0.1) is 0 Å². The zero-order chi connectivity index (χ0) is 18.0. The summed E-state index contributed by atoms with van der Waals surface area (Å²) in [5, 5.41) is 28.0. The highest BCUT2D eigenvalue weighted by Crippen LogP contribution is 2.09. The van der Waals surface area contributed by atoms with E-state index in [1.165, 1.54) is 0 Å². The van der Waals surface area contributed by atoms with Crippen molar-refractivity contribution in [1.82, 2.24) is 0 Å². The van der Waals surface area contributed by atoms with Gasteiger partial charge in [0.15, 0.2) is 0 Å². The van der Waals surface area contributed by atoms with Crippen LogP contribution in [0.5, 0.6) is 0 Å². The zero-order valence-electron chi connectivity index (χ0n) is 14.7. The van der Waals surface area contributed by atoms with Crippen LogP contribution in [-0.2, 0) is 4.79 Å². The summed E-state index contributed by atoms with van der Waals surface area (Å²) in [7, 11) is 0. The lowest BCUT2D eigenvalue weighted by Crippen LogP contribution is -2.25. The smallest absolute Gasteiger partial charge is 0.303 e. The number of carboxylic acid groups (broad SMARTS) is 1. The minimum absolute atomic E-state index is 0.0216. The molecule has 0 saturated carbocycles. The lowest BCUT2D eigenvalue weighted by molar-refractivity contribution is -0.137. The third-order valence-corrected chi connectivity index (χ3v) is 3.43. The van der Waals surface area contributed by atoms with Crippen LogP contribution in [0.4, 0.5) is 0 Å². The third kappa shape index (κ3) is 15.3. The van der Waals surface area contributed by atoms with E-state index in [-0.39, 0.29) is 6.42 Å². The standard InChI is InChI=1S/C20H32O4/c1-2-3-4-5-6-7-8-9-10-11-12-13-15-18(21)19(22)16-14-17-20(23)24/h3-4,6-7,9-10,12-13,18-19,21-22H,2,5,8,11,14-17H2,1H3,(H,23,24)/b4-3-,7-6-,10-9-,13-12-. The Labute approximate surface area is 145 Å². The predicted molar refractivity (Wildman–Crippen MR) is 98.8 cm³/mol. The molecule has 0 rings (SSSR count). The molecule has 0 heterocycles. The predicted octanol–water partition coefficient (Wildman–Crippen LogP) is 4.16. The highest BCUT2D eigenvalue weighted by Gasteiger charge is 2.14. The molecule has 0 bridgehead atoms. The van der Waals surface area contributed by atoms with Gasteiger partial charge in [0.1, 0.15) is 0 Å². The Balaban J connectivity index is 3.70. The first-order valence-electron chi connectivity index (χ1n) is 8.75. The van der Waals surface area contributed by atoms with Crippen molar-refractivity contribution in [3.8, 4) is 0 Å².